The van der Waals surface area contributed by atoms with Gasteiger partial charge in [-0.3, -0.25) is 4.79 Å². The van der Waals surface area contributed by atoms with E-state index in [0.717, 1.165) is 19.2 Å². The molecule has 1 aromatic rings. The second-order valence-electron chi connectivity index (χ2n) is 3.06. The highest BCUT2D eigenvalue weighted by molar-refractivity contribution is 5.73. The molecule has 0 saturated heterocycles. The number of alkyl halides is 3. The van der Waals surface area contributed by atoms with Crippen LogP contribution in [0, 0.1) is 0 Å². The Morgan fingerprint density at radius 1 is 1.44 bits per heavy atom. The molecule has 0 bridgehead atoms. The van der Waals surface area contributed by atoms with Crippen molar-refractivity contribution in [1.82, 2.24) is 0 Å². The highest BCUT2D eigenvalue weighted by atomic mass is 19.4. The third-order valence-electron chi connectivity index (χ3n) is 1.97. The number of halogens is 3. The average molecular weight is 234 g/mol. The van der Waals surface area contributed by atoms with Gasteiger partial charge in [-0.2, -0.15) is 13.2 Å². The molecule has 0 spiro atoms. The maximum Gasteiger partial charge on any atom is 0.420 e. The molecule has 0 atom stereocenters. The van der Waals surface area contributed by atoms with Gasteiger partial charge in [0.1, 0.15) is 11.3 Å². The van der Waals surface area contributed by atoms with Crippen LogP contribution in [0.5, 0.6) is 5.75 Å². The third kappa shape index (κ3) is 2.65. The Labute approximate surface area is 89.5 Å². The van der Waals surface area contributed by atoms with Crippen molar-refractivity contribution in [2.75, 3.05) is 7.11 Å². The zero-order valence-electron chi connectivity index (χ0n) is 8.34. The van der Waals surface area contributed by atoms with Crippen molar-refractivity contribution < 1.29 is 27.8 Å². The number of methoxy groups -OCH3 is 1. The first-order valence-electron chi connectivity index (χ1n) is 4.31. The van der Waals surface area contributed by atoms with Gasteiger partial charge >= 0.3 is 12.1 Å². The smallest absolute Gasteiger partial charge is 0.420 e. The summed E-state index contributed by atoms with van der Waals surface area (Å²) in [4.78, 5) is 10.9. The molecule has 0 saturated carbocycles. The number of phenolic OH excluding ortho intramolecular Hbond substituents is 1. The number of rotatable bonds is 2. The van der Waals surface area contributed by atoms with E-state index < -0.39 is 29.9 Å². The minimum atomic E-state index is -4.70. The lowest BCUT2D eigenvalue weighted by Gasteiger charge is -2.13. The summed E-state index contributed by atoms with van der Waals surface area (Å²) in [5.74, 6) is -1.69. The van der Waals surface area contributed by atoms with Crippen LogP contribution < -0.4 is 0 Å². The topological polar surface area (TPSA) is 46.5 Å². The van der Waals surface area contributed by atoms with E-state index in [1.807, 2.05) is 0 Å². The second-order valence-corrected chi connectivity index (χ2v) is 3.06. The Morgan fingerprint density at radius 2 is 2.06 bits per heavy atom. The molecule has 16 heavy (non-hydrogen) atoms. The lowest BCUT2D eigenvalue weighted by molar-refractivity contribution is -0.142. The number of hydrogen-bond donors (Lipinski definition) is 1. The molecular weight excluding hydrogens is 225 g/mol. The number of esters is 1. The molecule has 0 aromatic heterocycles. The zero-order valence-corrected chi connectivity index (χ0v) is 8.34. The van der Waals surface area contributed by atoms with E-state index >= 15 is 0 Å². The Hall–Kier alpha value is -1.72. The van der Waals surface area contributed by atoms with Crippen LogP contribution in [0.4, 0.5) is 13.2 Å². The molecule has 0 aliphatic carbocycles. The maximum absolute atomic E-state index is 12.6. The number of hydrogen-bond acceptors (Lipinski definition) is 3. The standard InChI is InChI=1S/C10H9F3O3/c1-16-8(15)5-6-3-2-4-7(14)9(6)10(11,12)13/h2-4,14H,5H2,1H3. The molecule has 0 aliphatic rings. The second kappa shape index (κ2) is 4.42. The van der Waals surface area contributed by atoms with Gasteiger partial charge in [-0.05, 0) is 11.6 Å². The summed E-state index contributed by atoms with van der Waals surface area (Å²) >= 11 is 0. The number of ether oxygens (including phenoxy) is 1. The molecule has 0 unspecified atom stereocenters. The monoisotopic (exact) mass is 234 g/mol. The first kappa shape index (κ1) is 12.4. The molecule has 1 N–H and O–H groups in total. The van der Waals surface area contributed by atoms with Crippen LogP contribution >= 0.6 is 0 Å². The molecule has 3 nitrogen and oxygen atoms in total. The fraction of sp³-hybridized carbons (Fsp3) is 0.300. The zero-order chi connectivity index (χ0) is 12.3. The van der Waals surface area contributed by atoms with E-state index in [9.17, 15) is 18.0 Å². The minimum Gasteiger partial charge on any atom is -0.507 e. The van der Waals surface area contributed by atoms with Crippen LogP contribution in [0.25, 0.3) is 0 Å². The van der Waals surface area contributed by atoms with Crippen molar-refractivity contribution in [3.8, 4) is 5.75 Å². The Bertz CT molecular complexity index is 399. The summed E-state index contributed by atoms with van der Waals surface area (Å²) in [6.07, 6.45) is -5.23. The van der Waals surface area contributed by atoms with Gasteiger partial charge in [0.05, 0.1) is 13.5 Å². The fourth-order valence-corrected chi connectivity index (χ4v) is 1.29. The summed E-state index contributed by atoms with van der Waals surface area (Å²) in [5.41, 5.74) is -1.50. The normalized spacial score (nSPS) is 11.2. The molecule has 0 fully saturated rings. The summed E-state index contributed by atoms with van der Waals surface area (Å²) in [7, 11) is 1.08. The van der Waals surface area contributed by atoms with Crippen LogP contribution in [-0.2, 0) is 22.1 Å². The van der Waals surface area contributed by atoms with Gasteiger partial charge in [-0.1, -0.05) is 12.1 Å². The molecule has 6 heteroatoms. The molecule has 0 amide bonds. The van der Waals surface area contributed by atoms with Crippen LogP contribution in [0.3, 0.4) is 0 Å². The fourth-order valence-electron chi connectivity index (χ4n) is 1.29. The van der Waals surface area contributed by atoms with Gasteiger partial charge in [0.2, 0.25) is 0 Å². The predicted octanol–water partition coefficient (Wildman–Crippen LogP) is 2.13. The third-order valence-corrected chi connectivity index (χ3v) is 1.97. The summed E-state index contributed by atoms with van der Waals surface area (Å²) in [5, 5.41) is 9.14. The molecule has 0 heterocycles. The number of carbonyl (C=O) groups excluding carboxylic acids is 1. The van der Waals surface area contributed by atoms with Crippen LogP contribution in [0.15, 0.2) is 18.2 Å². The quantitative estimate of drug-likeness (QED) is 0.797. The summed E-state index contributed by atoms with van der Waals surface area (Å²) in [6, 6.07) is 3.28. The predicted molar refractivity (Wildman–Crippen MR) is 48.8 cm³/mol. The van der Waals surface area contributed by atoms with Gasteiger partial charge < -0.3 is 9.84 Å². The number of phenols is 1. The van der Waals surface area contributed by atoms with Gasteiger partial charge in [0.15, 0.2) is 0 Å². The Balaban J connectivity index is 3.18. The highest BCUT2D eigenvalue weighted by Crippen LogP contribution is 2.38. The SMILES string of the molecule is COC(=O)Cc1cccc(O)c1C(F)(F)F. The average Bonchev–Trinajstić information content (AvgIpc) is 2.15. The molecule has 0 aliphatic heterocycles. The summed E-state index contributed by atoms with van der Waals surface area (Å²) in [6.45, 7) is 0. The van der Waals surface area contributed by atoms with Crippen molar-refractivity contribution in [3.63, 3.8) is 0 Å². The molecular formula is C10H9F3O3. The number of aromatic hydroxyl groups is 1. The highest BCUT2D eigenvalue weighted by Gasteiger charge is 2.36. The molecule has 1 aromatic carbocycles. The van der Waals surface area contributed by atoms with E-state index in [0.29, 0.717) is 0 Å². The van der Waals surface area contributed by atoms with Gasteiger partial charge in [-0.15, -0.1) is 0 Å². The minimum absolute atomic E-state index is 0.306. The Morgan fingerprint density at radius 3 is 2.56 bits per heavy atom. The number of carbonyl (C=O) groups is 1. The summed E-state index contributed by atoms with van der Waals surface area (Å²) < 4.78 is 41.9. The van der Waals surface area contributed by atoms with Crippen molar-refractivity contribution in [3.05, 3.63) is 29.3 Å². The largest absolute Gasteiger partial charge is 0.507 e. The van der Waals surface area contributed by atoms with E-state index in [1.54, 1.807) is 0 Å². The Kier molecular flexibility index (Phi) is 3.41. The lowest BCUT2D eigenvalue weighted by Crippen LogP contribution is -2.13. The van der Waals surface area contributed by atoms with Crippen molar-refractivity contribution in [2.45, 2.75) is 12.6 Å². The van der Waals surface area contributed by atoms with Gasteiger partial charge in [0.25, 0.3) is 0 Å². The van der Waals surface area contributed by atoms with Crippen molar-refractivity contribution in [1.29, 1.82) is 0 Å². The molecule has 88 valence electrons. The lowest BCUT2D eigenvalue weighted by atomic mass is 10.0. The first-order valence-corrected chi connectivity index (χ1v) is 4.31. The van der Waals surface area contributed by atoms with Crippen LogP contribution in [0.1, 0.15) is 11.1 Å². The van der Waals surface area contributed by atoms with Gasteiger partial charge in [-0.25, -0.2) is 0 Å². The molecule has 0 radical (unpaired) electrons. The van der Waals surface area contributed by atoms with E-state index in [1.165, 1.54) is 6.07 Å². The van der Waals surface area contributed by atoms with Gasteiger partial charge in [0, 0.05) is 0 Å². The van der Waals surface area contributed by atoms with E-state index in [4.69, 9.17) is 5.11 Å². The van der Waals surface area contributed by atoms with E-state index in [2.05, 4.69) is 4.74 Å². The van der Waals surface area contributed by atoms with Crippen molar-refractivity contribution in [2.24, 2.45) is 0 Å². The number of benzene rings is 1. The van der Waals surface area contributed by atoms with Crippen LogP contribution in [-0.4, -0.2) is 18.2 Å². The first-order chi connectivity index (χ1) is 7.36. The van der Waals surface area contributed by atoms with E-state index in [-0.39, 0.29) is 5.56 Å². The van der Waals surface area contributed by atoms with Crippen molar-refractivity contribution >= 4 is 5.97 Å². The molecule has 1 rings (SSSR count). The maximum atomic E-state index is 12.6. The van der Waals surface area contributed by atoms with Crippen LogP contribution in [0.2, 0.25) is 0 Å².